The van der Waals surface area contributed by atoms with Gasteiger partial charge in [0.25, 0.3) is 5.91 Å². The van der Waals surface area contributed by atoms with Crippen molar-refractivity contribution in [1.29, 1.82) is 0 Å². The minimum Gasteiger partial charge on any atom is -0.489 e. The van der Waals surface area contributed by atoms with Crippen molar-refractivity contribution in [2.24, 2.45) is 0 Å². The van der Waals surface area contributed by atoms with E-state index < -0.39 is 5.97 Å². The van der Waals surface area contributed by atoms with E-state index in [9.17, 15) is 9.59 Å². The summed E-state index contributed by atoms with van der Waals surface area (Å²) in [5, 5.41) is 9.06. The lowest BCUT2D eigenvalue weighted by molar-refractivity contribution is -0.124. The molecule has 1 aromatic rings. The van der Waals surface area contributed by atoms with E-state index in [2.05, 4.69) is 0 Å². The standard InChI is InChI=1S/C23H29NO4S2/c1-3-7-20(17-10-12-18(13-11-17)23(26)27)28-15-14-21(30-2)22(25)24(16-29)19-8-5-4-6-9-19/h7,10-14,16,19H,3-6,8-9,15H2,1-2H3,(H,26,27)/b20-7-,21-14-. The van der Waals surface area contributed by atoms with E-state index in [-0.39, 0.29) is 24.1 Å². The number of hydrogen-bond donors (Lipinski definition) is 1. The number of amides is 1. The summed E-state index contributed by atoms with van der Waals surface area (Å²) in [4.78, 5) is 26.3. The van der Waals surface area contributed by atoms with Crippen molar-refractivity contribution in [2.75, 3.05) is 12.9 Å². The number of thiocarbonyl (C=S) groups is 1. The molecule has 1 aliphatic carbocycles. The summed E-state index contributed by atoms with van der Waals surface area (Å²) in [6.07, 6.45) is 11.8. The highest BCUT2D eigenvalue weighted by molar-refractivity contribution is 8.03. The number of rotatable bonds is 10. The molecule has 0 bridgehead atoms. The molecule has 0 heterocycles. The third kappa shape index (κ3) is 6.71. The zero-order valence-electron chi connectivity index (χ0n) is 17.5. The summed E-state index contributed by atoms with van der Waals surface area (Å²) in [5.74, 6) is -0.368. The molecule has 0 unspecified atom stereocenters. The normalized spacial score (nSPS) is 15.5. The van der Waals surface area contributed by atoms with Gasteiger partial charge >= 0.3 is 5.97 Å². The van der Waals surface area contributed by atoms with E-state index in [0.717, 1.165) is 37.7 Å². The van der Waals surface area contributed by atoms with E-state index in [1.165, 1.54) is 23.7 Å². The van der Waals surface area contributed by atoms with Crippen LogP contribution < -0.4 is 0 Å². The van der Waals surface area contributed by atoms with Crippen LogP contribution in [-0.4, -0.2) is 46.3 Å². The Morgan fingerprint density at radius 3 is 2.33 bits per heavy atom. The summed E-state index contributed by atoms with van der Waals surface area (Å²) < 4.78 is 5.93. The molecule has 1 amide bonds. The van der Waals surface area contributed by atoms with E-state index in [0.29, 0.717) is 10.7 Å². The molecular weight excluding hydrogens is 418 g/mol. The van der Waals surface area contributed by atoms with Crippen molar-refractivity contribution >= 4 is 47.1 Å². The van der Waals surface area contributed by atoms with Crippen LogP contribution in [0.5, 0.6) is 0 Å². The maximum absolute atomic E-state index is 13.0. The quantitative estimate of drug-likeness (QED) is 0.289. The number of aromatic carboxylic acids is 1. The molecule has 1 aromatic carbocycles. The van der Waals surface area contributed by atoms with Gasteiger partial charge in [0.2, 0.25) is 0 Å². The second-order valence-corrected chi connectivity index (χ2v) is 8.11. The Labute approximate surface area is 188 Å². The lowest BCUT2D eigenvalue weighted by Crippen LogP contribution is -2.40. The van der Waals surface area contributed by atoms with Gasteiger partial charge in [0.1, 0.15) is 12.4 Å². The van der Waals surface area contributed by atoms with Gasteiger partial charge in [0.05, 0.1) is 16.0 Å². The molecule has 0 saturated heterocycles. The van der Waals surface area contributed by atoms with Gasteiger partial charge in [-0.2, -0.15) is 0 Å². The number of carbonyl (C=O) groups excluding carboxylic acids is 1. The van der Waals surface area contributed by atoms with Crippen LogP contribution in [0.4, 0.5) is 0 Å². The number of allylic oxidation sites excluding steroid dienone is 1. The zero-order valence-corrected chi connectivity index (χ0v) is 19.1. The van der Waals surface area contributed by atoms with E-state index >= 15 is 0 Å². The lowest BCUT2D eigenvalue weighted by Gasteiger charge is -2.31. The van der Waals surface area contributed by atoms with Gasteiger partial charge in [-0.3, -0.25) is 4.79 Å². The largest absolute Gasteiger partial charge is 0.489 e. The summed E-state index contributed by atoms with van der Waals surface area (Å²) in [7, 11) is 0. The van der Waals surface area contributed by atoms with E-state index in [1.54, 1.807) is 35.2 Å². The minimum atomic E-state index is -0.962. The van der Waals surface area contributed by atoms with Gasteiger partial charge in [-0.25, -0.2) is 4.79 Å². The molecule has 7 heteroatoms. The number of ether oxygens (including phenoxy) is 1. The van der Waals surface area contributed by atoms with Crippen molar-refractivity contribution in [3.63, 3.8) is 0 Å². The molecule has 1 N–H and O–H groups in total. The van der Waals surface area contributed by atoms with Crippen molar-refractivity contribution in [2.45, 2.75) is 51.5 Å². The van der Waals surface area contributed by atoms with Crippen LogP contribution in [-0.2, 0) is 9.53 Å². The average Bonchev–Trinajstić information content (AvgIpc) is 2.77. The Morgan fingerprint density at radius 2 is 1.80 bits per heavy atom. The van der Waals surface area contributed by atoms with E-state index in [4.69, 9.17) is 22.1 Å². The molecule has 0 spiro atoms. The fourth-order valence-electron chi connectivity index (χ4n) is 3.47. The molecule has 1 aliphatic rings. The van der Waals surface area contributed by atoms with Crippen LogP contribution in [0.1, 0.15) is 61.4 Å². The Morgan fingerprint density at radius 1 is 1.17 bits per heavy atom. The Balaban J connectivity index is 2.07. The fraction of sp³-hybridized carbons (Fsp3) is 0.435. The van der Waals surface area contributed by atoms with Gasteiger partial charge in [0.15, 0.2) is 0 Å². The summed E-state index contributed by atoms with van der Waals surface area (Å²) in [6, 6.07) is 6.75. The number of hydrogen-bond acceptors (Lipinski definition) is 5. The van der Waals surface area contributed by atoms with Crippen LogP contribution in [0.15, 0.2) is 41.3 Å². The van der Waals surface area contributed by atoms with Crippen molar-refractivity contribution in [1.82, 2.24) is 4.90 Å². The van der Waals surface area contributed by atoms with Gasteiger partial charge < -0.3 is 14.7 Å². The Bertz CT molecular complexity index is 796. The van der Waals surface area contributed by atoms with Crippen molar-refractivity contribution < 1.29 is 19.4 Å². The monoisotopic (exact) mass is 447 g/mol. The SMILES string of the molecule is CC/C=C(\OC/C=C(\SC)C(=O)N(C=S)C1CCCCC1)c1ccc(C(=O)O)cc1. The predicted molar refractivity (Wildman–Crippen MR) is 127 cm³/mol. The highest BCUT2D eigenvalue weighted by atomic mass is 32.2. The van der Waals surface area contributed by atoms with Gasteiger partial charge in [0, 0.05) is 11.6 Å². The first-order chi connectivity index (χ1) is 14.5. The first-order valence-electron chi connectivity index (χ1n) is 10.2. The van der Waals surface area contributed by atoms with Crippen LogP contribution in [0.2, 0.25) is 0 Å². The molecule has 0 atom stereocenters. The Hall–Kier alpha value is -2.12. The second kappa shape index (κ2) is 12.5. The molecule has 0 aromatic heterocycles. The molecule has 2 rings (SSSR count). The van der Waals surface area contributed by atoms with Crippen LogP contribution in [0.25, 0.3) is 5.76 Å². The van der Waals surface area contributed by atoms with Gasteiger partial charge in [-0.05, 0) is 49.8 Å². The number of carboxylic acid groups (broad SMARTS) is 1. The molecule has 1 saturated carbocycles. The highest BCUT2D eigenvalue weighted by Crippen LogP contribution is 2.25. The second-order valence-electron chi connectivity index (χ2n) is 7.05. The zero-order chi connectivity index (χ0) is 21.9. The highest BCUT2D eigenvalue weighted by Gasteiger charge is 2.25. The number of nitrogens with zero attached hydrogens (tertiary/aromatic N) is 1. The maximum Gasteiger partial charge on any atom is 0.335 e. The summed E-state index contributed by atoms with van der Waals surface area (Å²) >= 11 is 6.53. The van der Waals surface area contributed by atoms with Gasteiger partial charge in [-0.15, -0.1) is 11.8 Å². The van der Waals surface area contributed by atoms with Crippen LogP contribution >= 0.6 is 24.0 Å². The maximum atomic E-state index is 13.0. The molecule has 5 nitrogen and oxygen atoms in total. The smallest absolute Gasteiger partial charge is 0.335 e. The number of thioether (sulfide) groups is 1. The minimum absolute atomic E-state index is 0.0696. The first-order valence-corrected chi connectivity index (χ1v) is 11.9. The number of carboxylic acids is 1. The fourth-order valence-corrected chi connectivity index (χ4v) is 4.26. The molecule has 0 radical (unpaired) electrons. The number of carbonyl (C=O) groups is 2. The van der Waals surface area contributed by atoms with E-state index in [1.807, 2.05) is 19.3 Å². The topological polar surface area (TPSA) is 66.8 Å². The number of benzene rings is 1. The summed E-state index contributed by atoms with van der Waals surface area (Å²) in [6.45, 7) is 2.24. The third-order valence-electron chi connectivity index (χ3n) is 5.06. The molecular formula is C23H29NO4S2. The lowest BCUT2D eigenvalue weighted by atomic mass is 9.94. The predicted octanol–water partition coefficient (Wildman–Crippen LogP) is 5.52. The third-order valence-corrected chi connectivity index (χ3v) is 6.07. The molecule has 1 fully saturated rings. The van der Waals surface area contributed by atoms with Gasteiger partial charge in [-0.1, -0.05) is 50.5 Å². The average molecular weight is 448 g/mol. The van der Waals surface area contributed by atoms with Crippen molar-refractivity contribution in [3.05, 3.63) is 52.4 Å². The molecule has 0 aliphatic heterocycles. The Kier molecular flexibility index (Phi) is 10.1. The summed E-state index contributed by atoms with van der Waals surface area (Å²) in [5.41, 5.74) is 2.51. The van der Waals surface area contributed by atoms with Crippen LogP contribution in [0.3, 0.4) is 0 Å². The van der Waals surface area contributed by atoms with Crippen molar-refractivity contribution in [3.8, 4) is 0 Å². The molecule has 162 valence electrons. The van der Waals surface area contributed by atoms with Crippen LogP contribution in [0, 0.1) is 0 Å². The first kappa shape index (κ1) is 24.2. The molecule has 30 heavy (non-hydrogen) atoms.